The second-order valence-electron chi connectivity index (χ2n) is 6.67. The fourth-order valence-corrected chi connectivity index (χ4v) is 4.58. The van der Waals surface area contributed by atoms with Crippen LogP contribution in [-0.4, -0.2) is 24.7 Å². The number of fused-ring (bicyclic) bond motifs is 2. The monoisotopic (exact) mass is 406 g/mol. The van der Waals surface area contributed by atoms with Gasteiger partial charge in [0.1, 0.15) is 0 Å². The molecule has 0 radical (unpaired) electrons. The Kier molecular flexibility index (Phi) is 5.36. The van der Waals surface area contributed by atoms with Crippen molar-refractivity contribution in [2.45, 2.75) is 19.9 Å². The number of aryl methyl sites for hydroxylation is 1. The van der Waals surface area contributed by atoms with Gasteiger partial charge in [0.2, 0.25) is 0 Å². The lowest BCUT2D eigenvalue weighted by Gasteiger charge is -2.08. The molecule has 0 atom stereocenters. The zero-order chi connectivity index (χ0) is 20.4. The lowest BCUT2D eigenvalue weighted by Crippen LogP contribution is -2.16. The Balaban J connectivity index is 1.71. The van der Waals surface area contributed by atoms with Gasteiger partial charge in [-0.1, -0.05) is 53.8 Å². The van der Waals surface area contributed by atoms with Gasteiger partial charge in [-0.3, -0.25) is 4.79 Å². The summed E-state index contributed by atoms with van der Waals surface area (Å²) in [6.45, 7) is 2.74. The molecule has 0 bridgehead atoms. The molecule has 0 spiro atoms. The Morgan fingerprint density at radius 2 is 1.72 bits per heavy atom. The smallest absolute Gasteiger partial charge is 0.252 e. The highest BCUT2D eigenvalue weighted by Gasteiger charge is 2.12. The van der Waals surface area contributed by atoms with Crippen molar-refractivity contribution in [1.29, 1.82) is 0 Å². The zero-order valence-electron chi connectivity index (χ0n) is 16.6. The van der Waals surface area contributed by atoms with Gasteiger partial charge in [-0.05, 0) is 23.3 Å². The van der Waals surface area contributed by atoms with Crippen LogP contribution in [0.1, 0.15) is 12.5 Å². The van der Waals surface area contributed by atoms with E-state index in [1.807, 2.05) is 47.9 Å². The second kappa shape index (κ2) is 8.09. The molecule has 5 nitrogen and oxygen atoms in total. The molecule has 0 N–H and O–H groups in total. The van der Waals surface area contributed by atoms with E-state index in [1.165, 1.54) is 11.3 Å². The van der Waals surface area contributed by atoms with Crippen LogP contribution in [0.3, 0.4) is 0 Å². The molecule has 29 heavy (non-hydrogen) atoms. The van der Waals surface area contributed by atoms with Gasteiger partial charge in [-0.2, -0.15) is 4.99 Å². The maximum absolute atomic E-state index is 12.7. The molecular weight excluding hydrogens is 384 g/mol. The number of nitrogens with zero attached hydrogens (tertiary/aromatic N) is 2. The van der Waals surface area contributed by atoms with Gasteiger partial charge < -0.3 is 14.0 Å². The highest BCUT2D eigenvalue weighted by atomic mass is 32.1. The van der Waals surface area contributed by atoms with Crippen molar-refractivity contribution in [2.24, 2.45) is 4.99 Å². The molecule has 0 saturated carbocycles. The Morgan fingerprint density at radius 3 is 2.45 bits per heavy atom. The minimum atomic E-state index is -0.159. The second-order valence-corrected chi connectivity index (χ2v) is 7.68. The van der Waals surface area contributed by atoms with Crippen LogP contribution in [0.2, 0.25) is 0 Å². The molecule has 1 amide bonds. The third kappa shape index (κ3) is 3.76. The first-order chi connectivity index (χ1) is 14.1. The highest BCUT2D eigenvalue weighted by molar-refractivity contribution is 7.16. The lowest BCUT2D eigenvalue weighted by molar-refractivity contribution is -0.117. The third-order valence-corrected chi connectivity index (χ3v) is 5.94. The fourth-order valence-electron chi connectivity index (χ4n) is 3.46. The van der Waals surface area contributed by atoms with E-state index in [9.17, 15) is 4.79 Å². The number of thiazole rings is 1. The van der Waals surface area contributed by atoms with Crippen LogP contribution in [0.25, 0.3) is 21.0 Å². The van der Waals surface area contributed by atoms with Gasteiger partial charge in [0.25, 0.3) is 5.91 Å². The molecule has 1 heterocycles. The van der Waals surface area contributed by atoms with Crippen molar-refractivity contribution in [3.63, 3.8) is 0 Å². The minimum absolute atomic E-state index is 0.159. The van der Waals surface area contributed by atoms with Crippen molar-refractivity contribution in [2.75, 3.05) is 14.2 Å². The first-order valence-electron chi connectivity index (χ1n) is 9.43. The number of hydrogen-bond acceptors (Lipinski definition) is 4. The normalized spacial score (nSPS) is 11.9. The molecule has 148 valence electrons. The maximum atomic E-state index is 12.7. The summed E-state index contributed by atoms with van der Waals surface area (Å²) in [5, 5.41) is 2.29. The average molecular weight is 407 g/mol. The number of rotatable bonds is 5. The molecular formula is C23H22N2O3S. The first-order valence-corrected chi connectivity index (χ1v) is 10.2. The van der Waals surface area contributed by atoms with Gasteiger partial charge in [0.15, 0.2) is 16.3 Å². The van der Waals surface area contributed by atoms with E-state index in [-0.39, 0.29) is 12.3 Å². The largest absolute Gasteiger partial charge is 0.493 e. The van der Waals surface area contributed by atoms with Crippen LogP contribution < -0.4 is 14.3 Å². The molecule has 3 aromatic carbocycles. The zero-order valence-corrected chi connectivity index (χ0v) is 17.5. The van der Waals surface area contributed by atoms with E-state index in [4.69, 9.17) is 9.47 Å². The summed E-state index contributed by atoms with van der Waals surface area (Å²) in [7, 11) is 3.23. The Hall–Kier alpha value is -3.12. The third-order valence-electron chi connectivity index (χ3n) is 4.89. The van der Waals surface area contributed by atoms with Crippen molar-refractivity contribution >= 4 is 38.2 Å². The van der Waals surface area contributed by atoms with Crippen molar-refractivity contribution in [3.8, 4) is 11.5 Å². The first kappa shape index (κ1) is 19.2. The van der Waals surface area contributed by atoms with Crippen LogP contribution >= 0.6 is 11.3 Å². The summed E-state index contributed by atoms with van der Waals surface area (Å²) in [5.41, 5.74) is 1.94. The average Bonchev–Trinajstić information content (AvgIpc) is 3.07. The van der Waals surface area contributed by atoms with Gasteiger partial charge in [0.05, 0.1) is 30.9 Å². The van der Waals surface area contributed by atoms with Crippen molar-refractivity contribution in [1.82, 2.24) is 4.57 Å². The van der Waals surface area contributed by atoms with Gasteiger partial charge in [-0.25, -0.2) is 0 Å². The van der Waals surface area contributed by atoms with Crippen molar-refractivity contribution < 1.29 is 14.3 Å². The van der Waals surface area contributed by atoms with Gasteiger partial charge in [0, 0.05) is 18.7 Å². The summed E-state index contributed by atoms with van der Waals surface area (Å²) in [5.74, 6) is 1.17. The highest BCUT2D eigenvalue weighted by Crippen LogP contribution is 2.33. The van der Waals surface area contributed by atoms with E-state index in [0.717, 1.165) is 26.6 Å². The van der Waals surface area contributed by atoms with Crippen LogP contribution in [0, 0.1) is 0 Å². The molecule has 4 rings (SSSR count). The number of benzene rings is 3. The number of ether oxygens (including phenoxy) is 2. The Morgan fingerprint density at radius 1 is 1.00 bits per heavy atom. The van der Waals surface area contributed by atoms with Crippen LogP contribution in [-0.2, 0) is 17.8 Å². The number of carbonyl (C=O) groups excluding carboxylic acids is 1. The predicted octanol–water partition coefficient (Wildman–Crippen LogP) is 4.56. The molecule has 0 aliphatic rings. The predicted molar refractivity (Wildman–Crippen MR) is 117 cm³/mol. The summed E-state index contributed by atoms with van der Waals surface area (Å²) in [4.78, 5) is 17.8. The SMILES string of the molecule is CCn1c(=NC(=O)Cc2ccc3ccccc3c2)sc2cc(OC)c(OC)cc21. The van der Waals surface area contributed by atoms with Gasteiger partial charge >= 0.3 is 0 Å². The molecule has 0 aliphatic carbocycles. The molecule has 1 aromatic heterocycles. The fraction of sp³-hybridized carbons (Fsp3) is 0.217. The summed E-state index contributed by atoms with van der Waals surface area (Å²) >= 11 is 1.48. The summed E-state index contributed by atoms with van der Waals surface area (Å²) in [6, 6.07) is 18.1. The van der Waals surface area contributed by atoms with Crippen LogP contribution in [0.15, 0.2) is 59.6 Å². The molecule has 0 unspecified atom stereocenters. The van der Waals surface area contributed by atoms with E-state index in [1.54, 1.807) is 14.2 Å². The van der Waals surface area contributed by atoms with Crippen molar-refractivity contribution in [3.05, 3.63) is 65.0 Å². The quantitative estimate of drug-likeness (QED) is 0.488. The lowest BCUT2D eigenvalue weighted by atomic mass is 10.1. The van der Waals surface area contributed by atoms with Crippen LogP contribution in [0.4, 0.5) is 0 Å². The molecule has 6 heteroatoms. The summed E-state index contributed by atoms with van der Waals surface area (Å²) < 4.78 is 13.8. The van der Waals surface area contributed by atoms with E-state index in [2.05, 4.69) is 23.2 Å². The number of aromatic nitrogens is 1. The van der Waals surface area contributed by atoms with E-state index >= 15 is 0 Å². The number of carbonyl (C=O) groups is 1. The van der Waals surface area contributed by atoms with Crippen LogP contribution in [0.5, 0.6) is 11.5 Å². The molecule has 0 saturated heterocycles. The Bertz CT molecular complexity index is 1270. The van der Waals surface area contributed by atoms with E-state index < -0.39 is 0 Å². The molecule has 4 aromatic rings. The molecule has 0 fully saturated rings. The maximum Gasteiger partial charge on any atom is 0.252 e. The van der Waals surface area contributed by atoms with E-state index in [0.29, 0.717) is 22.8 Å². The number of methoxy groups -OCH3 is 2. The topological polar surface area (TPSA) is 52.8 Å². The standard InChI is InChI=1S/C23H22N2O3S/c1-4-25-18-13-19(27-2)20(28-3)14-21(18)29-23(25)24-22(26)12-15-9-10-16-7-5-6-8-17(16)11-15/h5-11,13-14H,4,12H2,1-3H3. The van der Waals surface area contributed by atoms with Gasteiger partial charge in [-0.15, -0.1) is 0 Å². The number of hydrogen-bond donors (Lipinski definition) is 0. The minimum Gasteiger partial charge on any atom is -0.493 e. The number of amides is 1. The molecule has 0 aliphatic heterocycles. The summed E-state index contributed by atoms with van der Waals surface area (Å²) in [6.07, 6.45) is 0.273. The Labute approximate surface area is 172 Å².